The maximum Gasteiger partial charge on any atom is 0.123 e. The lowest BCUT2D eigenvalue weighted by Crippen LogP contribution is -2.31. The van der Waals surface area contributed by atoms with Gasteiger partial charge in [0.1, 0.15) is 11.9 Å². The van der Waals surface area contributed by atoms with Gasteiger partial charge in [0, 0.05) is 19.0 Å². The molecule has 2 heteroatoms. The molecular weight excluding hydrogens is 186 g/mol. The molecule has 0 saturated heterocycles. The molecule has 1 unspecified atom stereocenters. The van der Waals surface area contributed by atoms with E-state index in [4.69, 9.17) is 4.74 Å². The molecule has 1 heterocycles. The molecule has 0 radical (unpaired) electrons. The third-order valence-electron chi connectivity index (χ3n) is 3.17. The van der Waals surface area contributed by atoms with Crippen LogP contribution in [0.5, 0.6) is 5.75 Å². The van der Waals surface area contributed by atoms with Crippen LogP contribution in [0.3, 0.4) is 0 Å². The molecule has 0 amide bonds. The van der Waals surface area contributed by atoms with Gasteiger partial charge in [0.25, 0.3) is 0 Å². The van der Waals surface area contributed by atoms with E-state index < -0.39 is 0 Å². The zero-order valence-electron chi connectivity index (χ0n) is 9.12. The molecule has 1 aliphatic carbocycles. The molecule has 3 rings (SSSR count). The molecule has 0 bridgehead atoms. The van der Waals surface area contributed by atoms with Gasteiger partial charge in [-0.3, -0.25) is 0 Å². The number of benzene rings is 1. The van der Waals surface area contributed by atoms with Crippen molar-refractivity contribution in [3.8, 4) is 5.75 Å². The second-order valence-corrected chi connectivity index (χ2v) is 4.74. The van der Waals surface area contributed by atoms with Crippen molar-refractivity contribution in [2.45, 2.75) is 38.3 Å². The van der Waals surface area contributed by atoms with Crippen molar-refractivity contribution in [1.29, 1.82) is 0 Å². The molecule has 2 nitrogen and oxygen atoms in total. The van der Waals surface area contributed by atoms with Gasteiger partial charge in [-0.1, -0.05) is 17.7 Å². The minimum Gasteiger partial charge on any atom is -0.488 e. The molecule has 2 aliphatic rings. The van der Waals surface area contributed by atoms with E-state index >= 15 is 0 Å². The number of fused-ring (bicyclic) bond motifs is 1. The summed E-state index contributed by atoms with van der Waals surface area (Å²) in [4.78, 5) is 0. The largest absolute Gasteiger partial charge is 0.488 e. The van der Waals surface area contributed by atoms with Crippen LogP contribution in [-0.2, 0) is 6.42 Å². The number of hydrogen-bond acceptors (Lipinski definition) is 2. The molecule has 15 heavy (non-hydrogen) atoms. The van der Waals surface area contributed by atoms with Crippen molar-refractivity contribution in [3.05, 3.63) is 29.3 Å². The Balaban J connectivity index is 1.63. The molecule has 1 saturated carbocycles. The molecule has 1 fully saturated rings. The summed E-state index contributed by atoms with van der Waals surface area (Å²) < 4.78 is 5.88. The Morgan fingerprint density at radius 1 is 1.40 bits per heavy atom. The maximum absolute atomic E-state index is 5.88. The number of ether oxygens (including phenoxy) is 1. The van der Waals surface area contributed by atoms with Crippen LogP contribution < -0.4 is 10.1 Å². The second kappa shape index (κ2) is 3.53. The van der Waals surface area contributed by atoms with Crippen LogP contribution >= 0.6 is 0 Å². The van der Waals surface area contributed by atoms with E-state index in [1.807, 2.05) is 0 Å². The topological polar surface area (TPSA) is 21.3 Å². The normalized spacial score (nSPS) is 23.7. The fourth-order valence-corrected chi connectivity index (χ4v) is 2.15. The Morgan fingerprint density at radius 3 is 3.07 bits per heavy atom. The first-order chi connectivity index (χ1) is 7.31. The number of aryl methyl sites for hydroxylation is 1. The van der Waals surface area contributed by atoms with Crippen molar-refractivity contribution in [3.63, 3.8) is 0 Å². The summed E-state index contributed by atoms with van der Waals surface area (Å²) in [6.45, 7) is 3.13. The molecule has 0 spiro atoms. The van der Waals surface area contributed by atoms with E-state index in [2.05, 4.69) is 30.4 Å². The zero-order valence-corrected chi connectivity index (χ0v) is 9.12. The molecule has 80 valence electrons. The predicted octanol–water partition coefficient (Wildman–Crippen LogP) is 2.05. The highest BCUT2D eigenvalue weighted by Crippen LogP contribution is 2.29. The van der Waals surface area contributed by atoms with E-state index in [1.165, 1.54) is 24.0 Å². The highest BCUT2D eigenvalue weighted by atomic mass is 16.5. The fraction of sp³-hybridized carbons (Fsp3) is 0.538. The van der Waals surface area contributed by atoms with Crippen LogP contribution in [0.1, 0.15) is 24.0 Å². The third-order valence-corrected chi connectivity index (χ3v) is 3.17. The van der Waals surface area contributed by atoms with E-state index in [0.29, 0.717) is 6.10 Å². The monoisotopic (exact) mass is 203 g/mol. The van der Waals surface area contributed by atoms with Gasteiger partial charge in [0.2, 0.25) is 0 Å². The molecule has 1 N–H and O–H groups in total. The lowest BCUT2D eigenvalue weighted by Gasteiger charge is -2.10. The summed E-state index contributed by atoms with van der Waals surface area (Å²) >= 11 is 0. The third kappa shape index (κ3) is 2.00. The molecule has 1 aliphatic heterocycles. The first-order valence-electron chi connectivity index (χ1n) is 5.81. The average molecular weight is 203 g/mol. The van der Waals surface area contributed by atoms with Crippen LogP contribution in [0.25, 0.3) is 0 Å². The summed E-state index contributed by atoms with van der Waals surface area (Å²) in [6, 6.07) is 7.24. The van der Waals surface area contributed by atoms with Crippen LogP contribution in [0.2, 0.25) is 0 Å². The summed E-state index contributed by atoms with van der Waals surface area (Å²) in [5, 5.41) is 3.52. The highest BCUT2D eigenvalue weighted by molar-refractivity contribution is 5.40. The molecule has 1 aromatic rings. The van der Waals surface area contributed by atoms with E-state index in [-0.39, 0.29) is 0 Å². The van der Waals surface area contributed by atoms with Gasteiger partial charge in [-0.05, 0) is 31.4 Å². The first kappa shape index (κ1) is 9.22. The fourth-order valence-electron chi connectivity index (χ4n) is 2.15. The van der Waals surface area contributed by atoms with E-state index in [1.54, 1.807) is 0 Å². The summed E-state index contributed by atoms with van der Waals surface area (Å²) in [5.41, 5.74) is 2.70. The van der Waals surface area contributed by atoms with E-state index in [0.717, 1.165) is 24.8 Å². The standard InChI is InChI=1S/C13H17NO/c1-9-2-5-13-10(6-9)7-12(15-13)8-14-11-3-4-11/h2,5-6,11-12,14H,3-4,7-8H2,1H3. The summed E-state index contributed by atoms with van der Waals surface area (Å²) in [6.07, 6.45) is 4.11. The Hall–Kier alpha value is -1.02. The maximum atomic E-state index is 5.88. The molecule has 1 atom stereocenters. The minimum absolute atomic E-state index is 0.349. The molecule has 1 aromatic carbocycles. The second-order valence-electron chi connectivity index (χ2n) is 4.74. The summed E-state index contributed by atoms with van der Waals surface area (Å²) in [7, 11) is 0. The van der Waals surface area contributed by atoms with Gasteiger partial charge >= 0.3 is 0 Å². The van der Waals surface area contributed by atoms with Crippen molar-refractivity contribution in [2.24, 2.45) is 0 Å². The quantitative estimate of drug-likeness (QED) is 0.811. The molecular formula is C13H17NO. The zero-order chi connectivity index (χ0) is 10.3. The number of hydrogen-bond donors (Lipinski definition) is 1. The van der Waals surface area contributed by atoms with Crippen LogP contribution in [0.15, 0.2) is 18.2 Å². The van der Waals surface area contributed by atoms with Gasteiger partial charge in [0.05, 0.1) is 0 Å². The van der Waals surface area contributed by atoms with Gasteiger partial charge in [-0.15, -0.1) is 0 Å². The van der Waals surface area contributed by atoms with Gasteiger partial charge in [-0.25, -0.2) is 0 Å². The van der Waals surface area contributed by atoms with Crippen LogP contribution in [-0.4, -0.2) is 18.7 Å². The Morgan fingerprint density at radius 2 is 2.27 bits per heavy atom. The SMILES string of the molecule is Cc1ccc2c(c1)CC(CNC1CC1)O2. The number of rotatable bonds is 3. The first-order valence-corrected chi connectivity index (χ1v) is 5.81. The number of nitrogens with one attached hydrogen (secondary N) is 1. The Labute approximate surface area is 90.6 Å². The highest BCUT2D eigenvalue weighted by Gasteiger charge is 2.26. The van der Waals surface area contributed by atoms with E-state index in [9.17, 15) is 0 Å². The van der Waals surface area contributed by atoms with Crippen molar-refractivity contribution >= 4 is 0 Å². The van der Waals surface area contributed by atoms with Crippen molar-refractivity contribution < 1.29 is 4.74 Å². The van der Waals surface area contributed by atoms with Crippen molar-refractivity contribution in [2.75, 3.05) is 6.54 Å². The van der Waals surface area contributed by atoms with Gasteiger partial charge in [0.15, 0.2) is 0 Å². The lowest BCUT2D eigenvalue weighted by atomic mass is 10.1. The van der Waals surface area contributed by atoms with Gasteiger partial charge in [-0.2, -0.15) is 0 Å². The lowest BCUT2D eigenvalue weighted by molar-refractivity contribution is 0.227. The van der Waals surface area contributed by atoms with Gasteiger partial charge < -0.3 is 10.1 Å². The smallest absolute Gasteiger partial charge is 0.123 e. The predicted molar refractivity (Wildman–Crippen MR) is 60.3 cm³/mol. The Kier molecular flexibility index (Phi) is 2.17. The molecule has 0 aromatic heterocycles. The Bertz CT molecular complexity index is 371. The average Bonchev–Trinajstić information content (AvgIpc) is 2.95. The van der Waals surface area contributed by atoms with Crippen molar-refractivity contribution in [1.82, 2.24) is 5.32 Å². The summed E-state index contributed by atoms with van der Waals surface area (Å²) in [5.74, 6) is 1.09. The minimum atomic E-state index is 0.349. The van der Waals surface area contributed by atoms with Crippen LogP contribution in [0, 0.1) is 6.92 Å². The van der Waals surface area contributed by atoms with Crippen LogP contribution in [0.4, 0.5) is 0 Å².